The summed E-state index contributed by atoms with van der Waals surface area (Å²) < 4.78 is 0. The van der Waals surface area contributed by atoms with Gasteiger partial charge in [0.1, 0.15) is 0 Å². The van der Waals surface area contributed by atoms with Gasteiger partial charge < -0.3 is 10.0 Å². The molecule has 1 saturated heterocycles. The van der Waals surface area contributed by atoms with Crippen molar-refractivity contribution < 1.29 is 5.11 Å². The smallest absolute Gasteiger partial charge is 0.0502 e. The summed E-state index contributed by atoms with van der Waals surface area (Å²) in [6, 6.07) is 4.53. The number of aliphatic hydroxyl groups is 1. The fourth-order valence-electron chi connectivity index (χ4n) is 3.65. The van der Waals surface area contributed by atoms with Crippen molar-refractivity contribution in [1.82, 2.24) is 4.90 Å². The third kappa shape index (κ3) is 3.18. The van der Waals surface area contributed by atoms with E-state index in [0.29, 0.717) is 6.61 Å². The Morgan fingerprint density at radius 3 is 2.37 bits per heavy atom. The lowest BCUT2D eigenvalue weighted by Crippen LogP contribution is -2.45. The zero-order chi connectivity index (χ0) is 14.0. The van der Waals surface area contributed by atoms with E-state index in [1.54, 1.807) is 0 Å². The summed E-state index contributed by atoms with van der Waals surface area (Å²) in [5, 5.41) is 9.93. The van der Waals surface area contributed by atoms with Crippen LogP contribution in [0.4, 0.5) is 0 Å². The van der Waals surface area contributed by atoms with Crippen LogP contribution >= 0.6 is 0 Å². The Labute approximate surface area is 117 Å². The maximum atomic E-state index is 9.93. The molecule has 2 rings (SSSR count). The van der Waals surface area contributed by atoms with Crippen LogP contribution in [0.3, 0.4) is 0 Å². The predicted octanol–water partition coefficient (Wildman–Crippen LogP) is 2.86. The first kappa shape index (κ1) is 14.5. The van der Waals surface area contributed by atoms with Gasteiger partial charge in [-0.25, -0.2) is 0 Å². The average molecular weight is 261 g/mol. The van der Waals surface area contributed by atoms with Gasteiger partial charge in [0.05, 0.1) is 6.61 Å². The van der Waals surface area contributed by atoms with Crippen molar-refractivity contribution in [2.75, 3.05) is 26.7 Å². The van der Waals surface area contributed by atoms with Crippen LogP contribution in [0.2, 0.25) is 0 Å². The van der Waals surface area contributed by atoms with E-state index in [4.69, 9.17) is 0 Å². The molecule has 1 unspecified atom stereocenters. The maximum Gasteiger partial charge on any atom is 0.0502 e. The molecule has 1 aliphatic rings. The molecule has 0 radical (unpaired) electrons. The van der Waals surface area contributed by atoms with Gasteiger partial charge in [-0.3, -0.25) is 0 Å². The second kappa shape index (κ2) is 5.64. The molecule has 2 nitrogen and oxygen atoms in total. The van der Waals surface area contributed by atoms with Gasteiger partial charge in [0.2, 0.25) is 0 Å². The first-order valence-corrected chi connectivity index (χ1v) is 7.32. The predicted molar refractivity (Wildman–Crippen MR) is 80.6 cm³/mol. The summed E-state index contributed by atoms with van der Waals surface area (Å²) in [7, 11) is 2.17. The zero-order valence-corrected chi connectivity index (χ0v) is 12.8. The third-order valence-electron chi connectivity index (χ3n) is 4.58. The lowest BCUT2D eigenvalue weighted by Gasteiger charge is -2.41. The van der Waals surface area contributed by atoms with Crippen molar-refractivity contribution in [3.63, 3.8) is 0 Å². The van der Waals surface area contributed by atoms with E-state index in [1.165, 1.54) is 28.7 Å². The van der Waals surface area contributed by atoms with E-state index in [1.807, 2.05) is 0 Å². The van der Waals surface area contributed by atoms with Crippen molar-refractivity contribution in [2.45, 2.75) is 40.0 Å². The highest BCUT2D eigenvalue weighted by Crippen LogP contribution is 2.34. The Kier molecular flexibility index (Phi) is 4.32. The Morgan fingerprint density at radius 2 is 1.84 bits per heavy atom. The van der Waals surface area contributed by atoms with Crippen LogP contribution in [0.25, 0.3) is 0 Å². The summed E-state index contributed by atoms with van der Waals surface area (Å²) in [5.74, 6) is 0. The van der Waals surface area contributed by atoms with E-state index < -0.39 is 0 Å². The standard InChI is InChI=1S/C17H27NO/c1-13-8-14(2)16(15(3)9-13)10-17(12-19)6-5-7-18(4)11-17/h8-9,19H,5-7,10-12H2,1-4H3. The van der Waals surface area contributed by atoms with E-state index >= 15 is 0 Å². The minimum absolute atomic E-state index is 0.0534. The molecule has 1 fully saturated rings. The summed E-state index contributed by atoms with van der Waals surface area (Å²) in [6.07, 6.45) is 3.34. The molecule has 0 bridgehead atoms. The summed E-state index contributed by atoms with van der Waals surface area (Å²) in [4.78, 5) is 2.36. The van der Waals surface area contributed by atoms with Gasteiger partial charge in [-0.1, -0.05) is 17.7 Å². The topological polar surface area (TPSA) is 23.5 Å². The molecule has 106 valence electrons. The second-order valence-corrected chi connectivity index (χ2v) is 6.55. The molecular formula is C17H27NO. The lowest BCUT2D eigenvalue weighted by atomic mass is 9.74. The summed E-state index contributed by atoms with van der Waals surface area (Å²) in [6.45, 7) is 9.02. The van der Waals surface area contributed by atoms with Gasteiger partial charge in [0.15, 0.2) is 0 Å². The second-order valence-electron chi connectivity index (χ2n) is 6.55. The van der Waals surface area contributed by atoms with Gasteiger partial charge in [-0.15, -0.1) is 0 Å². The average Bonchev–Trinajstić information content (AvgIpc) is 2.34. The first-order chi connectivity index (χ1) is 8.96. The molecule has 1 aliphatic heterocycles. The SMILES string of the molecule is Cc1cc(C)c(CC2(CO)CCCN(C)C2)c(C)c1. The molecule has 0 saturated carbocycles. The molecule has 2 heteroatoms. The monoisotopic (exact) mass is 261 g/mol. The number of rotatable bonds is 3. The molecule has 1 heterocycles. The van der Waals surface area contributed by atoms with Crippen molar-refractivity contribution in [3.05, 3.63) is 34.4 Å². The van der Waals surface area contributed by atoms with Crippen molar-refractivity contribution in [1.29, 1.82) is 0 Å². The van der Waals surface area contributed by atoms with E-state index in [-0.39, 0.29) is 5.41 Å². The van der Waals surface area contributed by atoms with Crippen LogP contribution in [-0.4, -0.2) is 36.8 Å². The normalized spacial score (nSPS) is 24.7. The number of aliphatic hydroxyl groups excluding tert-OH is 1. The van der Waals surface area contributed by atoms with Crippen LogP contribution in [0, 0.1) is 26.2 Å². The van der Waals surface area contributed by atoms with Gasteiger partial charge in [0, 0.05) is 12.0 Å². The van der Waals surface area contributed by atoms with Gasteiger partial charge in [-0.05, 0) is 70.3 Å². The Hall–Kier alpha value is -0.860. The lowest BCUT2D eigenvalue weighted by molar-refractivity contribution is 0.0437. The van der Waals surface area contributed by atoms with E-state index in [9.17, 15) is 5.11 Å². The quantitative estimate of drug-likeness (QED) is 0.904. The van der Waals surface area contributed by atoms with Crippen LogP contribution in [0.15, 0.2) is 12.1 Å². The number of benzene rings is 1. The molecule has 0 aliphatic carbocycles. The highest BCUT2D eigenvalue weighted by molar-refractivity contribution is 5.38. The van der Waals surface area contributed by atoms with Gasteiger partial charge in [0.25, 0.3) is 0 Å². The highest BCUT2D eigenvalue weighted by Gasteiger charge is 2.34. The van der Waals surface area contributed by atoms with Crippen LogP contribution in [-0.2, 0) is 6.42 Å². The maximum absolute atomic E-state index is 9.93. The minimum atomic E-state index is 0.0534. The van der Waals surface area contributed by atoms with Crippen LogP contribution in [0.5, 0.6) is 0 Å². The summed E-state index contributed by atoms with van der Waals surface area (Å²) in [5.41, 5.74) is 5.57. The zero-order valence-electron chi connectivity index (χ0n) is 12.8. The molecule has 1 aromatic carbocycles. The van der Waals surface area contributed by atoms with E-state index in [2.05, 4.69) is 44.9 Å². The van der Waals surface area contributed by atoms with Gasteiger partial charge in [-0.2, -0.15) is 0 Å². The Morgan fingerprint density at radius 1 is 1.21 bits per heavy atom. The molecule has 1 aromatic rings. The Balaban J connectivity index is 2.28. The number of hydrogen-bond donors (Lipinski definition) is 1. The molecule has 1 atom stereocenters. The van der Waals surface area contributed by atoms with Gasteiger partial charge >= 0.3 is 0 Å². The number of piperidine rings is 1. The highest BCUT2D eigenvalue weighted by atomic mass is 16.3. The molecule has 0 aromatic heterocycles. The largest absolute Gasteiger partial charge is 0.396 e. The molecule has 19 heavy (non-hydrogen) atoms. The van der Waals surface area contributed by atoms with Crippen molar-refractivity contribution in [3.8, 4) is 0 Å². The van der Waals surface area contributed by atoms with Crippen LogP contribution in [0.1, 0.15) is 35.1 Å². The number of likely N-dealkylation sites (tertiary alicyclic amines) is 1. The van der Waals surface area contributed by atoms with Crippen molar-refractivity contribution in [2.24, 2.45) is 5.41 Å². The fourth-order valence-corrected chi connectivity index (χ4v) is 3.65. The molecular weight excluding hydrogens is 234 g/mol. The molecule has 1 N–H and O–H groups in total. The van der Waals surface area contributed by atoms with Crippen molar-refractivity contribution >= 4 is 0 Å². The third-order valence-corrected chi connectivity index (χ3v) is 4.58. The molecule has 0 amide bonds. The number of nitrogens with zero attached hydrogens (tertiary/aromatic N) is 1. The van der Waals surface area contributed by atoms with Crippen LogP contribution < -0.4 is 0 Å². The number of hydrogen-bond acceptors (Lipinski definition) is 2. The van der Waals surface area contributed by atoms with E-state index in [0.717, 1.165) is 25.9 Å². The fraction of sp³-hybridized carbons (Fsp3) is 0.647. The number of aryl methyl sites for hydroxylation is 3. The summed E-state index contributed by atoms with van der Waals surface area (Å²) >= 11 is 0. The first-order valence-electron chi connectivity index (χ1n) is 7.32. The Bertz CT molecular complexity index is 432. The minimum Gasteiger partial charge on any atom is -0.396 e. The molecule has 0 spiro atoms.